The Hall–Kier alpha value is -2.44. The number of carbonyl (C=O) groups excluding carboxylic acids is 1. The first kappa shape index (κ1) is 19.3. The van der Waals surface area contributed by atoms with E-state index in [1.54, 1.807) is 13.0 Å². The predicted molar refractivity (Wildman–Crippen MR) is 108 cm³/mol. The van der Waals surface area contributed by atoms with Gasteiger partial charge in [0.15, 0.2) is 5.13 Å². The highest BCUT2D eigenvalue weighted by molar-refractivity contribution is 7.17. The highest BCUT2D eigenvalue weighted by atomic mass is 35.5. The van der Waals surface area contributed by atoms with E-state index >= 15 is 0 Å². The minimum absolute atomic E-state index is 0.221. The van der Waals surface area contributed by atoms with E-state index in [2.05, 4.69) is 27.8 Å². The SMILES string of the molecule is Cc1nc(NCCc2ccccc2)sc1C(=O)NCc1ccc(F)cc1Cl. The van der Waals surface area contributed by atoms with Crippen LogP contribution in [0.15, 0.2) is 48.5 Å². The molecule has 1 heterocycles. The molecule has 27 heavy (non-hydrogen) atoms. The van der Waals surface area contributed by atoms with Gasteiger partial charge in [-0.15, -0.1) is 0 Å². The van der Waals surface area contributed by atoms with Crippen molar-refractivity contribution in [1.82, 2.24) is 10.3 Å². The maximum Gasteiger partial charge on any atom is 0.263 e. The van der Waals surface area contributed by atoms with E-state index in [0.717, 1.165) is 13.0 Å². The lowest BCUT2D eigenvalue weighted by molar-refractivity contribution is 0.0954. The van der Waals surface area contributed by atoms with Crippen molar-refractivity contribution in [1.29, 1.82) is 0 Å². The monoisotopic (exact) mass is 403 g/mol. The van der Waals surface area contributed by atoms with E-state index in [4.69, 9.17) is 11.6 Å². The van der Waals surface area contributed by atoms with Crippen LogP contribution in [0.4, 0.5) is 9.52 Å². The fraction of sp³-hybridized carbons (Fsp3) is 0.200. The molecule has 3 rings (SSSR count). The van der Waals surface area contributed by atoms with Gasteiger partial charge < -0.3 is 10.6 Å². The molecule has 140 valence electrons. The molecule has 0 aliphatic carbocycles. The Kier molecular flexibility index (Phi) is 6.42. The maximum atomic E-state index is 13.1. The van der Waals surface area contributed by atoms with Crippen molar-refractivity contribution in [3.63, 3.8) is 0 Å². The van der Waals surface area contributed by atoms with E-state index < -0.39 is 5.82 Å². The molecule has 0 fully saturated rings. The first-order chi connectivity index (χ1) is 13.0. The van der Waals surface area contributed by atoms with Gasteiger partial charge in [-0.1, -0.05) is 59.3 Å². The van der Waals surface area contributed by atoms with Gasteiger partial charge in [0.1, 0.15) is 10.7 Å². The summed E-state index contributed by atoms with van der Waals surface area (Å²) in [5, 5.41) is 7.08. The zero-order chi connectivity index (χ0) is 19.2. The smallest absolute Gasteiger partial charge is 0.263 e. The summed E-state index contributed by atoms with van der Waals surface area (Å²) in [6.45, 7) is 2.77. The second kappa shape index (κ2) is 8.97. The number of anilines is 1. The molecule has 0 aliphatic rings. The van der Waals surface area contributed by atoms with Crippen LogP contribution in [0.2, 0.25) is 5.02 Å². The summed E-state index contributed by atoms with van der Waals surface area (Å²) in [6.07, 6.45) is 0.879. The molecular formula is C20H19ClFN3OS. The summed E-state index contributed by atoms with van der Waals surface area (Å²) in [5.74, 6) is -0.624. The molecule has 0 unspecified atom stereocenters. The van der Waals surface area contributed by atoms with Gasteiger partial charge in [-0.25, -0.2) is 9.37 Å². The third-order valence-corrected chi connectivity index (χ3v) is 5.46. The Morgan fingerprint density at radius 3 is 2.74 bits per heavy atom. The van der Waals surface area contributed by atoms with E-state index in [9.17, 15) is 9.18 Å². The second-order valence-electron chi connectivity index (χ2n) is 6.01. The number of benzene rings is 2. The van der Waals surface area contributed by atoms with Crippen molar-refractivity contribution < 1.29 is 9.18 Å². The summed E-state index contributed by atoms with van der Waals surface area (Å²) in [5.41, 5.74) is 2.58. The van der Waals surface area contributed by atoms with Crippen molar-refractivity contribution in [3.05, 3.63) is 81.1 Å². The third-order valence-electron chi connectivity index (χ3n) is 3.99. The average molecular weight is 404 g/mol. The van der Waals surface area contributed by atoms with E-state index in [-0.39, 0.29) is 12.5 Å². The summed E-state index contributed by atoms with van der Waals surface area (Å²) in [7, 11) is 0. The first-order valence-electron chi connectivity index (χ1n) is 8.50. The number of nitrogens with one attached hydrogen (secondary N) is 2. The van der Waals surface area contributed by atoms with Gasteiger partial charge in [0.2, 0.25) is 0 Å². The van der Waals surface area contributed by atoms with Crippen LogP contribution in [0.1, 0.15) is 26.5 Å². The van der Waals surface area contributed by atoms with Gasteiger partial charge in [-0.05, 0) is 36.6 Å². The maximum absolute atomic E-state index is 13.1. The Bertz CT molecular complexity index is 930. The molecule has 3 aromatic rings. The topological polar surface area (TPSA) is 54.0 Å². The highest BCUT2D eigenvalue weighted by Crippen LogP contribution is 2.23. The zero-order valence-corrected chi connectivity index (χ0v) is 16.3. The molecule has 0 atom stereocenters. The lowest BCUT2D eigenvalue weighted by atomic mass is 10.2. The molecule has 2 N–H and O–H groups in total. The molecule has 4 nitrogen and oxygen atoms in total. The fourth-order valence-corrected chi connectivity index (χ4v) is 3.70. The largest absolute Gasteiger partial charge is 0.361 e. The summed E-state index contributed by atoms with van der Waals surface area (Å²) >= 11 is 7.31. The number of rotatable bonds is 7. The standard InChI is InChI=1S/C20H19ClFN3OS/c1-13-18(19(26)24-12-15-7-8-16(22)11-17(15)21)27-20(25-13)23-10-9-14-5-3-2-4-6-14/h2-8,11H,9-10,12H2,1H3,(H,23,25)(H,24,26). The van der Waals surface area contributed by atoms with Crippen LogP contribution in [0, 0.1) is 12.7 Å². The van der Waals surface area contributed by atoms with Crippen LogP contribution in [0.5, 0.6) is 0 Å². The van der Waals surface area contributed by atoms with Crippen molar-refractivity contribution in [2.45, 2.75) is 19.9 Å². The lowest BCUT2D eigenvalue weighted by Gasteiger charge is -2.06. The molecule has 7 heteroatoms. The normalized spacial score (nSPS) is 10.6. The average Bonchev–Trinajstić information content (AvgIpc) is 3.02. The van der Waals surface area contributed by atoms with Crippen molar-refractivity contribution in [3.8, 4) is 0 Å². The molecule has 1 amide bonds. The number of hydrogen-bond acceptors (Lipinski definition) is 4. The highest BCUT2D eigenvalue weighted by Gasteiger charge is 2.15. The first-order valence-corrected chi connectivity index (χ1v) is 9.69. The van der Waals surface area contributed by atoms with Gasteiger partial charge in [-0.3, -0.25) is 4.79 Å². The molecule has 0 radical (unpaired) electrons. The minimum atomic E-state index is -0.403. The number of thiazole rings is 1. The van der Waals surface area contributed by atoms with Crippen LogP contribution in [0.3, 0.4) is 0 Å². The Morgan fingerprint density at radius 2 is 2.00 bits per heavy atom. The number of halogens is 2. The van der Waals surface area contributed by atoms with Crippen molar-refractivity contribution >= 4 is 34.0 Å². The van der Waals surface area contributed by atoms with Crippen LogP contribution < -0.4 is 10.6 Å². The van der Waals surface area contributed by atoms with Gasteiger partial charge in [0.25, 0.3) is 5.91 Å². The van der Waals surface area contributed by atoms with Gasteiger partial charge in [-0.2, -0.15) is 0 Å². The van der Waals surface area contributed by atoms with Crippen molar-refractivity contribution in [2.75, 3.05) is 11.9 Å². The van der Waals surface area contributed by atoms with E-state index in [1.165, 1.54) is 29.0 Å². The molecule has 0 bridgehead atoms. The molecule has 0 aliphatic heterocycles. The van der Waals surface area contributed by atoms with Crippen LogP contribution in [-0.2, 0) is 13.0 Å². The third kappa shape index (κ3) is 5.28. The predicted octanol–water partition coefficient (Wildman–Crippen LogP) is 4.83. The molecule has 0 saturated heterocycles. The molecule has 0 spiro atoms. The summed E-state index contributed by atoms with van der Waals surface area (Å²) < 4.78 is 13.1. The van der Waals surface area contributed by atoms with Crippen LogP contribution in [0.25, 0.3) is 0 Å². The molecule has 2 aromatic carbocycles. The zero-order valence-electron chi connectivity index (χ0n) is 14.8. The Morgan fingerprint density at radius 1 is 1.22 bits per heavy atom. The Balaban J connectivity index is 1.55. The van der Waals surface area contributed by atoms with Gasteiger partial charge in [0, 0.05) is 18.1 Å². The van der Waals surface area contributed by atoms with E-state index in [1.807, 2.05) is 18.2 Å². The van der Waals surface area contributed by atoms with E-state index in [0.29, 0.717) is 26.3 Å². The quantitative estimate of drug-likeness (QED) is 0.594. The minimum Gasteiger partial charge on any atom is -0.361 e. The fourth-order valence-electron chi connectivity index (χ4n) is 2.56. The van der Waals surface area contributed by atoms with Crippen LogP contribution in [-0.4, -0.2) is 17.4 Å². The number of aromatic nitrogens is 1. The van der Waals surface area contributed by atoms with Crippen molar-refractivity contribution in [2.24, 2.45) is 0 Å². The van der Waals surface area contributed by atoms with Gasteiger partial charge >= 0.3 is 0 Å². The summed E-state index contributed by atoms with van der Waals surface area (Å²) in [6, 6.07) is 14.3. The molecule has 0 saturated carbocycles. The number of aryl methyl sites for hydroxylation is 1. The molecular weight excluding hydrogens is 385 g/mol. The number of carbonyl (C=O) groups is 1. The lowest BCUT2D eigenvalue weighted by Crippen LogP contribution is -2.22. The number of amides is 1. The Labute approximate surface area is 166 Å². The second-order valence-corrected chi connectivity index (χ2v) is 7.42. The van der Waals surface area contributed by atoms with Gasteiger partial charge in [0.05, 0.1) is 5.69 Å². The molecule has 1 aromatic heterocycles. The van der Waals surface area contributed by atoms with Crippen LogP contribution >= 0.6 is 22.9 Å². The summed E-state index contributed by atoms with van der Waals surface area (Å²) in [4.78, 5) is 17.4. The number of hydrogen-bond donors (Lipinski definition) is 2. The number of nitrogens with zero attached hydrogens (tertiary/aromatic N) is 1.